The first kappa shape index (κ1) is 20.6. The van der Waals surface area contributed by atoms with Gasteiger partial charge in [0.05, 0.1) is 27.4 Å². The van der Waals surface area contributed by atoms with Gasteiger partial charge >= 0.3 is 0 Å². The van der Waals surface area contributed by atoms with Crippen molar-refractivity contribution < 1.29 is 19.0 Å². The number of ether oxygens (including phenoxy) is 3. The Morgan fingerprint density at radius 2 is 1.63 bits per heavy atom. The molecule has 27 heavy (non-hydrogen) atoms. The van der Waals surface area contributed by atoms with Crippen molar-refractivity contribution in [1.82, 2.24) is 5.32 Å². The zero-order valence-corrected chi connectivity index (χ0v) is 16.8. The Morgan fingerprint density at radius 1 is 0.963 bits per heavy atom. The predicted octanol–water partition coefficient (Wildman–Crippen LogP) is 4.22. The van der Waals surface area contributed by atoms with E-state index in [0.29, 0.717) is 24.3 Å². The van der Waals surface area contributed by atoms with Gasteiger partial charge in [0.25, 0.3) is 0 Å². The third-order valence-electron chi connectivity index (χ3n) is 4.65. The van der Waals surface area contributed by atoms with Crippen LogP contribution in [0.2, 0.25) is 0 Å². The molecule has 0 spiro atoms. The second-order valence-corrected chi connectivity index (χ2v) is 6.45. The van der Waals surface area contributed by atoms with Crippen LogP contribution >= 0.6 is 0 Å². The normalized spacial score (nSPS) is 11.6. The van der Waals surface area contributed by atoms with Crippen LogP contribution in [0.15, 0.2) is 36.4 Å². The van der Waals surface area contributed by atoms with E-state index in [2.05, 4.69) is 18.3 Å². The molecule has 0 aliphatic heterocycles. The second kappa shape index (κ2) is 9.86. The minimum absolute atomic E-state index is 0.0325. The molecule has 0 aliphatic rings. The topological polar surface area (TPSA) is 56.8 Å². The number of aryl methyl sites for hydroxylation is 2. The summed E-state index contributed by atoms with van der Waals surface area (Å²) in [5.41, 5.74) is 3.21. The van der Waals surface area contributed by atoms with Gasteiger partial charge in [-0.25, -0.2) is 0 Å². The number of carbonyl (C=O) groups excluding carboxylic acids is 1. The van der Waals surface area contributed by atoms with E-state index >= 15 is 0 Å². The van der Waals surface area contributed by atoms with Crippen LogP contribution in [0.4, 0.5) is 0 Å². The summed E-state index contributed by atoms with van der Waals surface area (Å²) in [6.45, 7) is 4.06. The molecule has 5 nitrogen and oxygen atoms in total. The van der Waals surface area contributed by atoms with Gasteiger partial charge in [0.15, 0.2) is 11.5 Å². The number of carbonyl (C=O) groups is 1. The predicted molar refractivity (Wildman–Crippen MR) is 107 cm³/mol. The average molecular weight is 371 g/mol. The molecule has 0 unspecified atom stereocenters. The third kappa shape index (κ3) is 5.39. The zero-order valence-electron chi connectivity index (χ0n) is 16.8. The highest BCUT2D eigenvalue weighted by atomic mass is 16.5. The van der Waals surface area contributed by atoms with Crippen LogP contribution in [0.1, 0.15) is 42.5 Å². The molecule has 0 aromatic heterocycles. The van der Waals surface area contributed by atoms with Gasteiger partial charge in [-0.2, -0.15) is 0 Å². The Morgan fingerprint density at radius 3 is 2.22 bits per heavy atom. The number of amides is 1. The smallest absolute Gasteiger partial charge is 0.220 e. The quantitative estimate of drug-likeness (QED) is 0.717. The van der Waals surface area contributed by atoms with E-state index in [4.69, 9.17) is 14.2 Å². The summed E-state index contributed by atoms with van der Waals surface area (Å²) in [6.07, 6.45) is 1.93. The summed E-state index contributed by atoms with van der Waals surface area (Å²) in [6, 6.07) is 11.7. The molecule has 1 amide bonds. The monoisotopic (exact) mass is 371 g/mol. The van der Waals surface area contributed by atoms with Gasteiger partial charge in [-0.15, -0.1) is 0 Å². The standard InChI is InChI=1S/C22H29NO4/c1-6-18(17-9-11-20(26-4)21(14-17)27-5)23-22(24)12-8-16-7-10-19(25-3)15(2)13-16/h7,9-11,13-14,18H,6,8,12H2,1-5H3,(H,23,24)/t18-/m1/s1. The van der Waals surface area contributed by atoms with Gasteiger partial charge in [-0.05, 0) is 54.7 Å². The average Bonchev–Trinajstić information content (AvgIpc) is 2.70. The molecule has 1 atom stereocenters. The highest BCUT2D eigenvalue weighted by molar-refractivity contribution is 5.76. The second-order valence-electron chi connectivity index (χ2n) is 6.45. The molecule has 2 rings (SSSR count). The first-order chi connectivity index (χ1) is 13.0. The zero-order chi connectivity index (χ0) is 19.8. The van der Waals surface area contributed by atoms with Crippen LogP contribution in [0, 0.1) is 6.92 Å². The summed E-state index contributed by atoms with van der Waals surface area (Å²) in [4.78, 5) is 12.5. The third-order valence-corrected chi connectivity index (χ3v) is 4.65. The van der Waals surface area contributed by atoms with E-state index < -0.39 is 0 Å². The van der Waals surface area contributed by atoms with E-state index in [-0.39, 0.29) is 11.9 Å². The maximum absolute atomic E-state index is 12.5. The van der Waals surface area contributed by atoms with Crippen molar-refractivity contribution in [3.05, 3.63) is 53.1 Å². The number of hydrogen-bond acceptors (Lipinski definition) is 4. The van der Waals surface area contributed by atoms with Crippen molar-refractivity contribution in [2.75, 3.05) is 21.3 Å². The van der Waals surface area contributed by atoms with Crippen molar-refractivity contribution in [3.63, 3.8) is 0 Å². The van der Waals surface area contributed by atoms with Crippen molar-refractivity contribution in [2.24, 2.45) is 0 Å². The molecule has 0 fully saturated rings. The molecule has 146 valence electrons. The Kier molecular flexibility index (Phi) is 7.53. The first-order valence-corrected chi connectivity index (χ1v) is 9.17. The molecule has 1 N–H and O–H groups in total. The van der Waals surface area contributed by atoms with Crippen molar-refractivity contribution in [1.29, 1.82) is 0 Å². The molecule has 5 heteroatoms. The summed E-state index contributed by atoms with van der Waals surface area (Å²) < 4.78 is 15.9. The molecule has 2 aromatic rings. The van der Waals surface area contributed by atoms with Crippen LogP contribution < -0.4 is 19.5 Å². The molecular formula is C22H29NO4. The fraction of sp³-hybridized carbons (Fsp3) is 0.409. The lowest BCUT2D eigenvalue weighted by atomic mass is 10.0. The molecular weight excluding hydrogens is 342 g/mol. The highest BCUT2D eigenvalue weighted by Gasteiger charge is 2.15. The van der Waals surface area contributed by atoms with E-state index in [0.717, 1.165) is 28.9 Å². The van der Waals surface area contributed by atoms with Gasteiger partial charge in [-0.3, -0.25) is 4.79 Å². The lowest BCUT2D eigenvalue weighted by Crippen LogP contribution is -2.28. The van der Waals surface area contributed by atoms with Crippen molar-refractivity contribution in [2.45, 2.75) is 39.2 Å². The van der Waals surface area contributed by atoms with Gasteiger partial charge in [0.2, 0.25) is 5.91 Å². The van der Waals surface area contributed by atoms with Gasteiger partial charge in [0, 0.05) is 6.42 Å². The van der Waals surface area contributed by atoms with E-state index in [1.54, 1.807) is 21.3 Å². The van der Waals surface area contributed by atoms with Crippen molar-refractivity contribution in [3.8, 4) is 17.2 Å². The summed E-state index contributed by atoms with van der Waals surface area (Å²) in [5, 5.41) is 3.12. The largest absolute Gasteiger partial charge is 0.496 e. The van der Waals surface area contributed by atoms with Crippen LogP contribution in [0.25, 0.3) is 0 Å². The van der Waals surface area contributed by atoms with Crippen LogP contribution in [0.5, 0.6) is 17.2 Å². The van der Waals surface area contributed by atoms with E-state index in [1.807, 2.05) is 37.3 Å². The highest BCUT2D eigenvalue weighted by Crippen LogP contribution is 2.31. The summed E-state index contributed by atoms with van der Waals surface area (Å²) in [5.74, 6) is 2.24. The first-order valence-electron chi connectivity index (χ1n) is 9.17. The molecule has 2 aromatic carbocycles. The maximum atomic E-state index is 12.5. The van der Waals surface area contributed by atoms with Crippen LogP contribution in [0.3, 0.4) is 0 Å². The number of rotatable bonds is 9. The maximum Gasteiger partial charge on any atom is 0.220 e. The number of hydrogen-bond donors (Lipinski definition) is 1. The number of nitrogens with one attached hydrogen (secondary N) is 1. The molecule has 0 heterocycles. The number of methoxy groups -OCH3 is 3. The Bertz CT molecular complexity index is 773. The van der Waals surface area contributed by atoms with E-state index in [9.17, 15) is 4.79 Å². The summed E-state index contributed by atoms with van der Waals surface area (Å²) >= 11 is 0. The lowest BCUT2D eigenvalue weighted by molar-refractivity contribution is -0.121. The minimum Gasteiger partial charge on any atom is -0.496 e. The van der Waals surface area contributed by atoms with Crippen molar-refractivity contribution >= 4 is 5.91 Å². The Hall–Kier alpha value is -2.69. The molecule has 0 saturated heterocycles. The van der Waals surface area contributed by atoms with Gasteiger partial charge < -0.3 is 19.5 Å². The Balaban J connectivity index is 1.99. The molecule has 0 bridgehead atoms. The van der Waals surface area contributed by atoms with Crippen LogP contribution in [-0.4, -0.2) is 27.2 Å². The van der Waals surface area contributed by atoms with E-state index in [1.165, 1.54) is 0 Å². The molecule has 0 radical (unpaired) electrons. The van der Waals surface area contributed by atoms with Gasteiger partial charge in [0.1, 0.15) is 5.75 Å². The molecule has 0 aliphatic carbocycles. The fourth-order valence-corrected chi connectivity index (χ4v) is 3.11. The van der Waals surface area contributed by atoms with Gasteiger partial charge in [-0.1, -0.05) is 25.1 Å². The fourth-order valence-electron chi connectivity index (χ4n) is 3.11. The molecule has 0 saturated carbocycles. The van der Waals surface area contributed by atoms with Crippen LogP contribution in [-0.2, 0) is 11.2 Å². The Labute approximate surface area is 161 Å². The minimum atomic E-state index is -0.0603. The lowest BCUT2D eigenvalue weighted by Gasteiger charge is -2.19. The SMILES string of the molecule is CC[C@@H](NC(=O)CCc1ccc(OC)c(C)c1)c1ccc(OC)c(OC)c1. The summed E-state index contributed by atoms with van der Waals surface area (Å²) in [7, 11) is 4.88. The number of benzene rings is 2.